The van der Waals surface area contributed by atoms with Gasteiger partial charge in [-0.15, -0.1) is 0 Å². The van der Waals surface area contributed by atoms with Gasteiger partial charge in [0.2, 0.25) is 0 Å². The first-order valence-electron chi connectivity index (χ1n) is 7.51. The van der Waals surface area contributed by atoms with E-state index in [1.54, 1.807) is 6.07 Å². The number of para-hydroxylation sites is 1. The maximum atomic E-state index is 12.9. The molecule has 0 amide bonds. The standard InChI is InChI=1S/C16H22F3NO/c17-16(18,19)14-8-4-5-9-15(14)21-11-13(10-20)12-6-2-1-3-7-12/h4-5,8-9,12-13H,1-3,6-7,10-11,20H2. The molecule has 1 saturated carbocycles. The Labute approximate surface area is 123 Å². The van der Waals surface area contributed by atoms with Crippen molar-refractivity contribution in [2.75, 3.05) is 13.2 Å². The van der Waals surface area contributed by atoms with Crippen LogP contribution in [0.15, 0.2) is 24.3 Å². The molecular weight excluding hydrogens is 279 g/mol. The van der Waals surface area contributed by atoms with Crippen molar-refractivity contribution in [1.29, 1.82) is 0 Å². The highest BCUT2D eigenvalue weighted by Crippen LogP contribution is 2.36. The maximum Gasteiger partial charge on any atom is 0.419 e. The summed E-state index contributed by atoms with van der Waals surface area (Å²) < 4.78 is 44.2. The smallest absolute Gasteiger partial charge is 0.419 e. The van der Waals surface area contributed by atoms with Crippen LogP contribution in [0.3, 0.4) is 0 Å². The minimum absolute atomic E-state index is 0.0979. The van der Waals surface area contributed by atoms with Gasteiger partial charge in [0, 0.05) is 5.92 Å². The summed E-state index contributed by atoms with van der Waals surface area (Å²) >= 11 is 0. The Kier molecular flexibility index (Phi) is 5.51. The molecule has 2 nitrogen and oxygen atoms in total. The van der Waals surface area contributed by atoms with Crippen molar-refractivity contribution in [3.63, 3.8) is 0 Å². The Morgan fingerprint density at radius 2 is 1.81 bits per heavy atom. The molecule has 0 heterocycles. The largest absolute Gasteiger partial charge is 0.493 e. The van der Waals surface area contributed by atoms with Crippen molar-refractivity contribution < 1.29 is 17.9 Å². The number of rotatable bonds is 5. The molecule has 0 aliphatic heterocycles. The first-order chi connectivity index (χ1) is 10.0. The van der Waals surface area contributed by atoms with Gasteiger partial charge in [-0.25, -0.2) is 0 Å². The lowest BCUT2D eigenvalue weighted by Gasteiger charge is -2.29. The minimum Gasteiger partial charge on any atom is -0.493 e. The van der Waals surface area contributed by atoms with Crippen LogP contribution in [0.25, 0.3) is 0 Å². The van der Waals surface area contributed by atoms with Crippen LogP contribution >= 0.6 is 0 Å². The Morgan fingerprint density at radius 3 is 2.43 bits per heavy atom. The Balaban J connectivity index is 2.01. The van der Waals surface area contributed by atoms with Crippen molar-refractivity contribution in [1.82, 2.24) is 0 Å². The number of ether oxygens (including phenoxy) is 1. The lowest BCUT2D eigenvalue weighted by molar-refractivity contribution is -0.139. The maximum absolute atomic E-state index is 12.9. The van der Waals surface area contributed by atoms with Crippen molar-refractivity contribution in [3.8, 4) is 5.75 Å². The third-order valence-electron chi connectivity index (χ3n) is 4.26. The zero-order valence-corrected chi connectivity index (χ0v) is 12.0. The summed E-state index contributed by atoms with van der Waals surface area (Å²) in [4.78, 5) is 0. The molecular formula is C16H22F3NO. The summed E-state index contributed by atoms with van der Waals surface area (Å²) in [6.07, 6.45) is 1.42. The molecule has 2 N–H and O–H groups in total. The van der Waals surface area contributed by atoms with Gasteiger partial charge >= 0.3 is 6.18 Å². The van der Waals surface area contributed by atoms with E-state index in [4.69, 9.17) is 10.5 Å². The van der Waals surface area contributed by atoms with E-state index in [1.807, 2.05) is 0 Å². The molecule has 1 atom stereocenters. The van der Waals surface area contributed by atoms with Gasteiger partial charge in [-0.2, -0.15) is 13.2 Å². The van der Waals surface area contributed by atoms with Crippen molar-refractivity contribution in [3.05, 3.63) is 29.8 Å². The molecule has 1 aliphatic carbocycles. The normalized spacial score (nSPS) is 18.5. The number of hydrogen-bond donors (Lipinski definition) is 1. The van der Waals surface area contributed by atoms with Crippen molar-refractivity contribution in [2.45, 2.75) is 38.3 Å². The van der Waals surface area contributed by atoms with Gasteiger partial charge in [-0.3, -0.25) is 0 Å². The van der Waals surface area contributed by atoms with E-state index in [2.05, 4.69) is 0 Å². The number of halogens is 3. The predicted molar refractivity (Wildman–Crippen MR) is 76.1 cm³/mol. The van der Waals surface area contributed by atoms with E-state index in [9.17, 15) is 13.2 Å². The molecule has 2 rings (SSSR count). The zero-order chi connectivity index (χ0) is 15.3. The van der Waals surface area contributed by atoms with Gasteiger partial charge in [-0.1, -0.05) is 44.2 Å². The third kappa shape index (κ3) is 4.37. The Bertz CT molecular complexity index is 441. The first-order valence-corrected chi connectivity index (χ1v) is 7.51. The van der Waals surface area contributed by atoms with Crippen molar-refractivity contribution in [2.24, 2.45) is 17.6 Å². The molecule has 1 aromatic carbocycles. The van der Waals surface area contributed by atoms with E-state index < -0.39 is 11.7 Å². The summed E-state index contributed by atoms with van der Waals surface area (Å²) in [7, 11) is 0. The molecule has 118 valence electrons. The third-order valence-corrected chi connectivity index (χ3v) is 4.26. The van der Waals surface area contributed by atoms with Gasteiger partial charge in [-0.05, 0) is 24.6 Å². The van der Waals surface area contributed by atoms with Crippen LogP contribution in [-0.4, -0.2) is 13.2 Å². The van der Waals surface area contributed by atoms with Gasteiger partial charge in [0.05, 0.1) is 12.2 Å². The van der Waals surface area contributed by atoms with Gasteiger partial charge in [0.15, 0.2) is 0 Å². The highest BCUT2D eigenvalue weighted by atomic mass is 19.4. The van der Waals surface area contributed by atoms with Crippen LogP contribution in [0, 0.1) is 11.8 Å². The van der Waals surface area contributed by atoms with Crippen LogP contribution < -0.4 is 10.5 Å². The minimum atomic E-state index is -4.39. The van der Waals surface area contributed by atoms with Crippen LogP contribution in [0.4, 0.5) is 13.2 Å². The molecule has 0 spiro atoms. The van der Waals surface area contributed by atoms with Crippen LogP contribution in [0.2, 0.25) is 0 Å². The van der Waals surface area contributed by atoms with Gasteiger partial charge < -0.3 is 10.5 Å². The lowest BCUT2D eigenvalue weighted by Crippen LogP contribution is -2.30. The van der Waals surface area contributed by atoms with E-state index in [0.29, 0.717) is 12.5 Å². The predicted octanol–water partition coefficient (Wildman–Crippen LogP) is 4.24. The summed E-state index contributed by atoms with van der Waals surface area (Å²) in [5, 5.41) is 0. The molecule has 21 heavy (non-hydrogen) atoms. The quantitative estimate of drug-likeness (QED) is 0.883. The summed E-state index contributed by atoms with van der Waals surface area (Å²) in [6, 6.07) is 5.35. The fraction of sp³-hybridized carbons (Fsp3) is 0.625. The molecule has 0 saturated heterocycles. The average Bonchev–Trinajstić information content (AvgIpc) is 2.48. The second kappa shape index (κ2) is 7.16. The van der Waals surface area contributed by atoms with E-state index in [0.717, 1.165) is 18.9 Å². The monoisotopic (exact) mass is 301 g/mol. The topological polar surface area (TPSA) is 35.2 Å². The summed E-state index contributed by atoms with van der Waals surface area (Å²) in [5.41, 5.74) is 5.07. The van der Waals surface area contributed by atoms with Crippen LogP contribution in [0.1, 0.15) is 37.7 Å². The molecule has 0 bridgehead atoms. The van der Waals surface area contributed by atoms with Crippen LogP contribution in [-0.2, 0) is 6.18 Å². The number of benzene rings is 1. The van der Waals surface area contributed by atoms with Crippen LogP contribution in [0.5, 0.6) is 5.75 Å². The molecule has 0 radical (unpaired) electrons. The fourth-order valence-electron chi connectivity index (χ4n) is 3.03. The second-order valence-corrected chi connectivity index (χ2v) is 5.70. The average molecular weight is 301 g/mol. The molecule has 1 aromatic rings. The Morgan fingerprint density at radius 1 is 1.14 bits per heavy atom. The van der Waals surface area contributed by atoms with Gasteiger partial charge in [0.1, 0.15) is 5.75 Å². The number of alkyl halides is 3. The molecule has 1 aliphatic rings. The summed E-state index contributed by atoms with van der Waals surface area (Å²) in [6.45, 7) is 0.715. The van der Waals surface area contributed by atoms with E-state index >= 15 is 0 Å². The van der Waals surface area contributed by atoms with Crippen molar-refractivity contribution >= 4 is 0 Å². The number of hydrogen-bond acceptors (Lipinski definition) is 2. The second-order valence-electron chi connectivity index (χ2n) is 5.70. The first kappa shape index (κ1) is 16.1. The lowest BCUT2D eigenvalue weighted by atomic mass is 9.80. The molecule has 0 aromatic heterocycles. The molecule has 1 fully saturated rings. The van der Waals surface area contributed by atoms with Gasteiger partial charge in [0.25, 0.3) is 0 Å². The van der Waals surface area contributed by atoms with E-state index in [1.165, 1.54) is 31.4 Å². The fourth-order valence-corrected chi connectivity index (χ4v) is 3.03. The van der Waals surface area contributed by atoms with E-state index in [-0.39, 0.29) is 18.3 Å². The summed E-state index contributed by atoms with van der Waals surface area (Å²) in [5.74, 6) is 0.507. The molecule has 5 heteroatoms. The highest BCUT2D eigenvalue weighted by molar-refractivity contribution is 5.35. The zero-order valence-electron chi connectivity index (χ0n) is 12.0. The molecule has 1 unspecified atom stereocenters. The number of nitrogens with two attached hydrogens (primary N) is 1. The highest BCUT2D eigenvalue weighted by Gasteiger charge is 2.34. The SMILES string of the molecule is NCC(COc1ccccc1C(F)(F)F)C1CCCCC1. The Hall–Kier alpha value is -1.23.